The standard InChI is InChI=1S/C32H24ClN3O6S2/c33-16-5-3-4-15(12-16)14-42-22-7-2-1-6-19(22)23-24-20-13-21(27(24)43-29-28(23)44-32(39)34-29)26-25(20)30(37)35(31(26)38)17-8-10-18(11-9-17)36(40)41/h1-12,20-21,23-27H,13-14H2,(H,34,39)/t20-,21-,23+,24+,25+,26+,27-/m1/s1. The van der Waals surface area contributed by atoms with Crippen LogP contribution in [0.25, 0.3) is 0 Å². The first-order valence-electron chi connectivity index (χ1n) is 14.3. The smallest absolute Gasteiger partial charge is 0.305 e. The highest BCUT2D eigenvalue weighted by Crippen LogP contribution is 2.69. The molecular formula is C32H24ClN3O6S2. The topological polar surface area (TPSA) is 123 Å². The van der Waals surface area contributed by atoms with E-state index in [1.54, 1.807) is 11.8 Å². The van der Waals surface area contributed by atoms with Gasteiger partial charge in [0, 0.05) is 38.8 Å². The van der Waals surface area contributed by atoms with Gasteiger partial charge in [0.05, 0.1) is 27.5 Å². The van der Waals surface area contributed by atoms with E-state index in [4.69, 9.17) is 16.3 Å². The fourth-order valence-corrected chi connectivity index (χ4v) is 11.1. The van der Waals surface area contributed by atoms with Gasteiger partial charge in [0.15, 0.2) is 0 Å². The number of para-hydroxylation sites is 1. The van der Waals surface area contributed by atoms with Gasteiger partial charge in [-0.25, -0.2) is 0 Å². The van der Waals surface area contributed by atoms with E-state index in [0.29, 0.717) is 23.1 Å². The summed E-state index contributed by atoms with van der Waals surface area (Å²) in [5, 5.41) is 12.6. The molecule has 0 radical (unpaired) electrons. The second kappa shape index (κ2) is 10.3. The molecule has 7 atom stereocenters. The number of non-ortho nitro benzene ring substituents is 1. The Hall–Kier alpha value is -3.93. The Labute approximate surface area is 264 Å². The van der Waals surface area contributed by atoms with Crippen molar-refractivity contribution < 1.29 is 19.2 Å². The first-order chi connectivity index (χ1) is 21.3. The first-order valence-corrected chi connectivity index (χ1v) is 16.4. The number of benzene rings is 3. The second-order valence-corrected chi connectivity index (χ2v) is 14.3. The van der Waals surface area contributed by atoms with Crippen molar-refractivity contribution >= 4 is 57.9 Å². The molecule has 4 aromatic rings. The Kier molecular flexibility index (Phi) is 6.48. The number of anilines is 1. The number of nitro groups is 1. The summed E-state index contributed by atoms with van der Waals surface area (Å²) in [6.07, 6.45) is 0.754. The van der Waals surface area contributed by atoms with E-state index in [0.717, 1.165) is 27.5 Å². The molecule has 4 aliphatic rings. The van der Waals surface area contributed by atoms with E-state index < -0.39 is 16.8 Å². The highest BCUT2D eigenvalue weighted by atomic mass is 35.5. The summed E-state index contributed by atoms with van der Waals surface area (Å²) in [5.74, 6) is -1.03. The van der Waals surface area contributed by atoms with Crippen LogP contribution in [0.15, 0.2) is 82.6 Å². The molecule has 2 aliphatic heterocycles. The maximum absolute atomic E-state index is 14.0. The summed E-state index contributed by atoms with van der Waals surface area (Å²) in [4.78, 5) is 56.3. The monoisotopic (exact) mass is 645 g/mol. The number of aromatic nitrogens is 1. The zero-order valence-electron chi connectivity index (χ0n) is 22.9. The fourth-order valence-electron chi connectivity index (χ4n) is 8.00. The fraction of sp³-hybridized carbons (Fsp3) is 0.281. The summed E-state index contributed by atoms with van der Waals surface area (Å²) >= 11 is 9.02. The lowest BCUT2D eigenvalue weighted by atomic mass is 9.68. The molecule has 1 N–H and O–H groups in total. The van der Waals surface area contributed by atoms with Crippen molar-refractivity contribution in [3.05, 3.63) is 114 Å². The second-order valence-electron chi connectivity index (χ2n) is 11.7. The van der Waals surface area contributed by atoms with E-state index in [-0.39, 0.29) is 51.3 Å². The molecule has 12 heteroatoms. The van der Waals surface area contributed by atoms with Crippen molar-refractivity contribution in [2.75, 3.05) is 4.90 Å². The van der Waals surface area contributed by atoms with Crippen LogP contribution in [0.5, 0.6) is 5.75 Å². The molecule has 8 rings (SSSR count). The maximum atomic E-state index is 14.0. The number of thiazole rings is 1. The van der Waals surface area contributed by atoms with Gasteiger partial charge in [0.2, 0.25) is 11.8 Å². The number of fused-ring (bicyclic) bond motifs is 9. The van der Waals surface area contributed by atoms with E-state index in [1.165, 1.54) is 40.5 Å². The van der Waals surface area contributed by atoms with Crippen molar-refractivity contribution in [1.82, 2.24) is 4.98 Å². The van der Waals surface area contributed by atoms with Crippen molar-refractivity contribution in [3.8, 4) is 5.75 Å². The van der Waals surface area contributed by atoms with Gasteiger partial charge in [0.25, 0.3) is 5.69 Å². The van der Waals surface area contributed by atoms with Crippen LogP contribution < -0.4 is 14.5 Å². The molecule has 2 aliphatic carbocycles. The average molecular weight is 646 g/mol. The Morgan fingerprint density at radius 1 is 0.977 bits per heavy atom. The third kappa shape index (κ3) is 4.17. The molecular weight excluding hydrogens is 622 g/mol. The zero-order valence-corrected chi connectivity index (χ0v) is 25.3. The molecule has 44 heavy (non-hydrogen) atoms. The first kappa shape index (κ1) is 27.6. The maximum Gasteiger partial charge on any atom is 0.305 e. The van der Waals surface area contributed by atoms with Crippen LogP contribution in [-0.2, 0) is 16.2 Å². The van der Waals surface area contributed by atoms with Gasteiger partial charge in [-0.1, -0.05) is 53.3 Å². The number of carbonyl (C=O) groups excluding carboxylic acids is 2. The average Bonchev–Trinajstić information content (AvgIpc) is 3.75. The molecule has 3 fully saturated rings. The van der Waals surface area contributed by atoms with Crippen molar-refractivity contribution in [2.24, 2.45) is 29.6 Å². The summed E-state index contributed by atoms with van der Waals surface area (Å²) in [6, 6.07) is 20.9. The number of amides is 2. The lowest BCUT2D eigenvalue weighted by Gasteiger charge is -2.43. The number of carbonyl (C=O) groups is 2. The van der Waals surface area contributed by atoms with E-state index in [2.05, 4.69) is 4.98 Å². The molecule has 0 unspecified atom stereocenters. The number of ether oxygens (including phenoxy) is 1. The number of hydrogen-bond donors (Lipinski definition) is 1. The molecule has 1 aromatic heterocycles. The Bertz CT molecular complexity index is 1910. The van der Waals surface area contributed by atoms with E-state index in [9.17, 15) is 24.5 Å². The van der Waals surface area contributed by atoms with Gasteiger partial charge < -0.3 is 9.72 Å². The molecule has 1 saturated heterocycles. The lowest BCUT2D eigenvalue weighted by Crippen LogP contribution is -2.42. The van der Waals surface area contributed by atoms with Gasteiger partial charge in [-0.15, -0.1) is 11.8 Å². The summed E-state index contributed by atoms with van der Waals surface area (Å²) in [5.41, 5.74) is 2.14. The number of aromatic amines is 1. The van der Waals surface area contributed by atoms with Crippen molar-refractivity contribution in [1.29, 1.82) is 0 Å². The molecule has 222 valence electrons. The minimum atomic E-state index is -0.506. The zero-order chi connectivity index (χ0) is 30.3. The quantitative estimate of drug-likeness (QED) is 0.149. The van der Waals surface area contributed by atoms with Crippen LogP contribution in [0.1, 0.15) is 28.3 Å². The van der Waals surface area contributed by atoms with Crippen molar-refractivity contribution in [3.63, 3.8) is 0 Å². The predicted molar refractivity (Wildman–Crippen MR) is 166 cm³/mol. The third-order valence-corrected chi connectivity index (χ3v) is 12.4. The highest BCUT2D eigenvalue weighted by molar-refractivity contribution is 8.00. The Morgan fingerprint density at radius 2 is 1.73 bits per heavy atom. The summed E-state index contributed by atoms with van der Waals surface area (Å²) < 4.78 is 6.38. The van der Waals surface area contributed by atoms with Crippen LogP contribution in [0.2, 0.25) is 5.02 Å². The van der Waals surface area contributed by atoms with Gasteiger partial charge in [0.1, 0.15) is 12.4 Å². The number of nitrogens with zero attached hydrogens (tertiary/aromatic N) is 2. The highest BCUT2D eigenvalue weighted by Gasteiger charge is 2.69. The predicted octanol–water partition coefficient (Wildman–Crippen LogP) is 6.25. The number of nitro benzene ring substituents is 1. The SMILES string of the molecule is O=C1[C@H]2[C@H]3C[C@@H]([C@@H]2C(=O)N1c1ccc([N+](=O)[O-])cc1)[C@H]1[C@H](c2ccccc2OCc2cccc(Cl)c2)c2sc(=O)[nH]c2S[C@H]31. The molecule has 2 saturated carbocycles. The number of hydrogen-bond acceptors (Lipinski definition) is 8. The van der Waals surface area contributed by atoms with E-state index in [1.807, 2.05) is 48.5 Å². The number of H-pyrrole nitrogens is 1. The normalized spacial score (nSPS) is 28.1. The van der Waals surface area contributed by atoms with Gasteiger partial charge in [-0.2, -0.15) is 0 Å². The molecule has 3 heterocycles. The molecule has 3 aromatic carbocycles. The number of thioether (sulfide) groups is 1. The van der Waals surface area contributed by atoms with Crippen LogP contribution in [0.3, 0.4) is 0 Å². The largest absolute Gasteiger partial charge is 0.489 e. The third-order valence-electron chi connectivity index (χ3n) is 9.58. The molecule has 9 nitrogen and oxygen atoms in total. The summed E-state index contributed by atoms with van der Waals surface area (Å²) in [7, 11) is 0. The minimum Gasteiger partial charge on any atom is -0.489 e. The summed E-state index contributed by atoms with van der Waals surface area (Å²) in [6.45, 7) is 0.317. The minimum absolute atomic E-state index is 0.00896. The number of rotatable bonds is 6. The molecule has 2 bridgehead atoms. The van der Waals surface area contributed by atoms with Gasteiger partial charge in [-0.05, 0) is 60.1 Å². The van der Waals surface area contributed by atoms with Crippen LogP contribution in [-0.4, -0.2) is 27.0 Å². The van der Waals surface area contributed by atoms with Gasteiger partial charge in [-0.3, -0.25) is 29.4 Å². The number of halogens is 1. The van der Waals surface area contributed by atoms with Crippen LogP contribution in [0.4, 0.5) is 11.4 Å². The van der Waals surface area contributed by atoms with E-state index >= 15 is 0 Å². The number of imide groups is 1. The Morgan fingerprint density at radius 3 is 2.48 bits per heavy atom. The van der Waals surface area contributed by atoms with Crippen LogP contribution >= 0.6 is 34.7 Å². The van der Waals surface area contributed by atoms with Crippen LogP contribution in [0, 0.1) is 39.7 Å². The number of nitrogens with one attached hydrogen (secondary N) is 1. The molecule has 0 spiro atoms. The Balaban J connectivity index is 1.17. The molecule has 2 amide bonds. The van der Waals surface area contributed by atoms with Gasteiger partial charge >= 0.3 is 4.87 Å². The lowest BCUT2D eigenvalue weighted by molar-refractivity contribution is -0.384. The van der Waals surface area contributed by atoms with Crippen molar-refractivity contribution in [2.45, 2.75) is 29.2 Å².